The highest BCUT2D eigenvalue weighted by atomic mass is 14.3. The Morgan fingerprint density at radius 2 is 0.722 bits per heavy atom. The lowest BCUT2D eigenvalue weighted by atomic mass is 9.84. The second-order valence-electron chi connectivity index (χ2n) is 14.7. The van der Waals surface area contributed by atoms with Gasteiger partial charge in [0, 0.05) is 0 Å². The van der Waals surface area contributed by atoms with Gasteiger partial charge in [-0.05, 0) is 132 Å². The molecule has 0 radical (unpaired) electrons. The molecule has 0 atom stereocenters. The van der Waals surface area contributed by atoms with Gasteiger partial charge in [0.15, 0.2) is 0 Å². The van der Waals surface area contributed by atoms with Gasteiger partial charge >= 0.3 is 0 Å². The number of rotatable bonds is 4. The Morgan fingerprint density at radius 3 is 1.39 bits per heavy atom. The molecule has 0 aliphatic carbocycles. The molecule has 0 saturated heterocycles. The highest BCUT2D eigenvalue weighted by Crippen LogP contribution is 2.54. The summed E-state index contributed by atoms with van der Waals surface area (Å²) in [7, 11) is 0. The van der Waals surface area contributed by atoms with Crippen LogP contribution >= 0.6 is 0 Å². The van der Waals surface area contributed by atoms with Gasteiger partial charge in [0.1, 0.15) is 0 Å². The molecule has 12 aromatic rings. The van der Waals surface area contributed by atoms with Crippen LogP contribution < -0.4 is 0 Å². The van der Waals surface area contributed by atoms with Crippen LogP contribution in [0.2, 0.25) is 0 Å². The molecule has 0 saturated carbocycles. The second-order valence-corrected chi connectivity index (χ2v) is 14.7. The monoisotopic (exact) mass is 680 g/mol. The van der Waals surface area contributed by atoms with Gasteiger partial charge in [-0.2, -0.15) is 0 Å². The fourth-order valence-electron chi connectivity index (χ4n) is 9.77. The lowest BCUT2D eigenvalue weighted by Crippen LogP contribution is -1.91. The van der Waals surface area contributed by atoms with E-state index in [1.54, 1.807) is 0 Å². The Hall–Kier alpha value is -7.02. The molecular weight excluding hydrogens is 649 g/mol. The van der Waals surface area contributed by atoms with Crippen molar-refractivity contribution in [3.63, 3.8) is 0 Å². The maximum Gasteiger partial charge on any atom is -0.000719 e. The van der Waals surface area contributed by atoms with Crippen LogP contribution in [0.15, 0.2) is 194 Å². The molecule has 0 aliphatic rings. The van der Waals surface area contributed by atoms with E-state index in [0.717, 1.165) is 0 Å². The Labute approximate surface area is 312 Å². The van der Waals surface area contributed by atoms with Crippen molar-refractivity contribution in [1.82, 2.24) is 0 Å². The summed E-state index contributed by atoms with van der Waals surface area (Å²) in [6, 6.07) is 72.1. The fourth-order valence-corrected chi connectivity index (χ4v) is 9.77. The van der Waals surface area contributed by atoms with Crippen LogP contribution in [-0.4, -0.2) is 0 Å². The molecule has 0 N–H and O–H groups in total. The van der Waals surface area contributed by atoms with Gasteiger partial charge < -0.3 is 0 Å². The summed E-state index contributed by atoms with van der Waals surface area (Å²) in [6.45, 7) is 0. The average molecular weight is 681 g/mol. The number of fused-ring (bicyclic) bond motifs is 8. The van der Waals surface area contributed by atoms with Gasteiger partial charge in [-0.25, -0.2) is 0 Å². The van der Waals surface area contributed by atoms with Gasteiger partial charge in [-0.15, -0.1) is 0 Å². The van der Waals surface area contributed by atoms with Crippen molar-refractivity contribution in [2.75, 3.05) is 0 Å². The topological polar surface area (TPSA) is 0 Å². The quantitative estimate of drug-likeness (QED) is 0.162. The highest BCUT2D eigenvalue weighted by Gasteiger charge is 2.26. The molecule has 12 aromatic carbocycles. The Balaban J connectivity index is 1.30. The van der Waals surface area contributed by atoms with E-state index in [4.69, 9.17) is 0 Å². The van der Waals surface area contributed by atoms with Crippen LogP contribution in [-0.2, 0) is 0 Å². The molecule has 0 nitrogen and oxygen atoms in total. The molecule has 0 aliphatic heterocycles. The molecule has 0 bridgehead atoms. The SMILES string of the molecule is c1ccc(-c2ccccc2-c2ccc3c(c2)c2cc4c(-c5ccccc5)c5c6cccc7cccc(c5c(-c5ccccc5)c4c4cccc3c24)c76)cc1. The minimum absolute atomic E-state index is 1.23. The summed E-state index contributed by atoms with van der Waals surface area (Å²) in [5.41, 5.74) is 10.1. The van der Waals surface area contributed by atoms with E-state index < -0.39 is 0 Å². The van der Waals surface area contributed by atoms with Crippen molar-refractivity contribution in [2.45, 2.75) is 0 Å². The third-order valence-corrected chi connectivity index (χ3v) is 11.9. The largest absolute Gasteiger partial charge is 0.0622 e. The lowest BCUT2D eigenvalue weighted by Gasteiger charge is -2.19. The zero-order chi connectivity index (χ0) is 35.3. The standard InChI is InChI=1S/C54H32/c1-4-15-33(16-5-1)38-23-10-11-24-39(38)37-29-30-40-41-25-14-28-44-51(41)46(45(40)31-37)32-47-49(35-17-6-2-7-18-35)53-42-26-12-21-34-22-13-27-43(48(34)42)54(53)50(52(44)47)36-19-8-3-9-20-36/h1-32H. The van der Waals surface area contributed by atoms with Gasteiger partial charge in [0.2, 0.25) is 0 Å². The predicted octanol–water partition coefficient (Wildman–Crippen LogP) is 15.3. The van der Waals surface area contributed by atoms with E-state index in [9.17, 15) is 0 Å². The number of hydrogen-bond acceptors (Lipinski definition) is 0. The second kappa shape index (κ2) is 11.2. The van der Waals surface area contributed by atoms with Crippen LogP contribution in [0.4, 0.5) is 0 Å². The van der Waals surface area contributed by atoms with E-state index in [-0.39, 0.29) is 0 Å². The molecule has 54 heavy (non-hydrogen) atoms. The minimum atomic E-state index is 1.23. The van der Waals surface area contributed by atoms with Crippen LogP contribution in [0.25, 0.3) is 120 Å². The van der Waals surface area contributed by atoms with E-state index in [2.05, 4.69) is 194 Å². The number of benzene rings is 10. The molecule has 0 aromatic heterocycles. The summed E-state index contributed by atoms with van der Waals surface area (Å²) in [4.78, 5) is 0. The zero-order valence-corrected chi connectivity index (χ0v) is 29.5. The smallest absolute Gasteiger partial charge is 0.000719 e. The molecule has 0 amide bonds. The van der Waals surface area contributed by atoms with E-state index in [1.165, 1.54) is 120 Å². The normalized spacial score (nSPS) is 12.1. The van der Waals surface area contributed by atoms with Crippen molar-refractivity contribution in [3.05, 3.63) is 194 Å². The molecule has 12 rings (SSSR count). The lowest BCUT2D eigenvalue weighted by molar-refractivity contribution is 1.60. The summed E-state index contributed by atoms with van der Waals surface area (Å²) >= 11 is 0. The van der Waals surface area contributed by atoms with Crippen LogP contribution in [0.1, 0.15) is 0 Å². The first-order valence-corrected chi connectivity index (χ1v) is 18.9. The van der Waals surface area contributed by atoms with Gasteiger partial charge in [-0.3, -0.25) is 0 Å². The van der Waals surface area contributed by atoms with Gasteiger partial charge in [0.25, 0.3) is 0 Å². The fraction of sp³-hybridized carbons (Fsp3) is 0. The van der Waals surface area contributed by atoms with Crippen molar-refractivity contribution >= 4 is 75.4 Å². The Bertz CT molecular complexity index is 3390. The van der Waals surface area contributed by atoms with Crippen molar-refractivity contribution < 1.29 is 0 Å². The maximum atomic E-state index is 2.54. The first-order chi connectivity index (χ1) is 26.8. The molecule has 0 spiro atoms. The summed E-state index contributed by atoms with van der Waals surface area (Å²) in [5, 5.41) is 18.5. The summed E-state index contributed by atoms with van der Waals surface area (Å²) < 4.78 is 0. The van der Waals surface area contributed by atoms with Crippen molar-refractivity contribution in [2.24, 2.45) is 0 Å². The summed E-state index contributed by atoms with van der Waals surface area (Å²) in [5.74, 6) is 0. The highest BCUT2D eigenvalue weighted by molar-refractivity contribution is 6.44. The third kappa shape index (κ3) is 4.03. The molecule has 0 fully saturated rings. The van der Waals surface area contributed by atoms with E-state index in [1.807, 2.05) is 0 Å². The van der Waals surface area contributed by atoms with E-state index in [0.29, 0.717) is 0 Å². The van der Waals surface area contributed by atoms with Crippen molar-refractivity contribution in [1.29, 1.82) is 0 Å². The van der Waals surface area contributed by atoms with E-state index >= 15 is 0 Å². The third-order valence-electron chi connectivity index (χ3n) is 11.9. The Kier molecular flexibility index (Phi) is 6.15. The molecule has 248 valence electrons. The summed E-state index contributed by atoms with van der Waals surface area (Å²) in [6.07, 6.45) is 0. The van der Waals surface area contributed by atoms with Crippen LogP contribution in [0, 0.1) is 0 Å². The average Bonchev–Trinajstić information content (AvgIpc) is 3.75. The van der Waals surface area contributed by atoms with Crippen molar-refractivity contribution in [3.8, 4) is 44.5 Å². The molecule has 0 unspecified atom stereocenters. The number of hydrogen-bond donors (Lipinski definition) is 0. The first kappa shape index (κ1) is 29.5. The maximum absolute atomic E-state index is 2.54. The van der Waals surface area contributed by atoms with Gasteiger partial charge in [-0.1, -0.05) is 182 Å². The molecular formula is C54H32. The Morgan fingerprint density at radius 1 is 0.204 bits per heavy atom. The molecule has 0 heterocycles. The predicted molar refractivity (Wildman–Crippen MR) is 233 cm³/mol. The van der Waals surface area contributed by atoms with Crippen LogP contribution in [0.5, 0.6) is 0 Å². The molecule has 0 heteroatoms. The zero-order valence-electron chi connectivity index (χ0n) is 29.5. The first-order valence-electron chi connectivity index (χ1n) is 18.9. The van der Waals surface area contributed by atoms with Crippen LogP contribution in [0.3, 0.4) is 0 Å². The van der Waals surface area contributed by atoms with Gasteiger partial charge in [0.05, 0.1) is 0 Å². The minimum Gasteiger partial charge on any atom is -0.0622 e.